The molecule has 0 unspecified atom stereocenters. The summed E-state index contributed by atoms with van der Waals surface area (Å²) in [6.45, 7) is 4.52. The van der Waals surface area contributed by atoms with E-state index in [1.807, 2.05) is 6.20 Å². The van der Waals surface area contributed by atoms with Crippen LogP contribution in [0.2, 0.25) is 0 Å². The van der Waals surface area contributed by atoms with Crippen LogP contribution in [0.5, 0.6) is 0 Å². The summed E-state index contributed by atoms with van der Waals surface area (Å²) in [6.07, 6.45) is 4.75. The van der Waals surface area contributed by atoms with Crippen molar-refractivity contribution in [2.45, 2.75) is 26.4 Å². The van der Waals surface area contributed by atoms with Crippen molar-refractivity contribution in [1.82, 2.24) is 9.88 Å². The molecule has 0 radical (unpaired) electrons. The van der Waals surface area contributed by atoms with Gasteiger partial charge in [0.2, 0.25) is 0 Å². The van der Waals surface area contributed by atoms with Gasteiger partial charge < -0.3 is 9.88 Å². The maximum Gasteiger partial charge on any atom is 0.126 e. The molecule has 1 aromatic heterocycles. The largest absolute Gasteiger partial charge is 0.354 e. The summed E-state index contributed by atoms with van der Waals surface area (Å²) in [7, 11) is 0. The minimum atomic E-state index is -0.518. The van der Waals surface area contributed by atoms with Gasteiger partial charge >= 0.3 is 0 Å². The van der Waals surface area contributed by atoms with E-state index in [2.05, 4.69) is 29.1 Å². The number of hydrogen-bond acceptors (Lipinski definition) is 1. The number of hydrogen-bond donors (Lipinski definition) is 1. The Morgan fingerprint density at radius 3 is 2.47 bits per heavy atom. The number of halogens is 2. The number of benzene rings is 1. The maximum atomic E-state index is 13.0. The van der Waals surface area contributed by atoms with Crippen LogP contribution in [-0.4, -0.2) is 11.1 Å². The zero-order valence-electron chi connectivity index (χ0n) is 11.0. The summed E-state index contributed by atoms with van der Waals surface area (Å²) in [5.41, 5.74) is 1.89. The Labute approximate surface area is 112 Å². The Morgan fingerprint density at radius 2 is 1.84 bits per heavy atom. The summed E-state index contributed by atoms with van der Waals surface area (Å²) < 4.78 is 28.1. The summed E-state index contributed by atoms with van der Waals surface area (Å²) in [5.74, 6) is -1.04. The molecule has 0 amide bonds. The molecule has 2 rings (SSSR count). The van der Waals surface area contributed by atoms with E-state index >= 15 is 0 Å². The molecule has 0 aliphatic carbocycles. The van der Waals surface area contributed by atoms with Gasteiger partial charge in [0.25, 0.3) is 0 Å². The Morgan fingerprint density at radius 1 is 1.11 bits per heavy atom. The lowest BCUT2D eigenvalue weighted by Crippen LogP contribution is -2.16. The number of nitrogens with zero attached hydrogens (tertiary/aromatic N) is 1. The fraction of sp³-hybridized carbons (Fsp3) is 0.333. The van der Waals surface area contributed by atoms with Crippen LogP contribution in [0, 0.1) is 11.6 Å². The molecule has 0 saturated carbocycles. The second-order valence-electron chi connectivity index (χ2n) is 4.55. The summed E-state index contributed by atoms with van der Waals surface area (Å²) >= 11 is 0. The van der Waals surface area contributed by atoms with Crippen molar-refractivity contribution in [3.05, 3.63) is 59.4 Å². The van der Waals surface area contributed by atoms with Gasteiger partial charge in [0, 0.05) is 31.5 Å². The first-order chi connectivity index (χ1) is 9.17. The van der Waals surface area contributed by atoms with Gasteiger partial charge in [0.1, 0.15) is 11.6 Å². The van der Waals surface area contributed by atoms with E-state index in [1.54, 1.807) is 0 Å². The Hall–Kier alpha value is -1.68. The van der Waals surface area contributed by atoms with Gasteiger partial charge in [0.05, 0.1) is 0 Å². The highest BCUT2D eigenvalue weighted by Gasteiger charge is 2.01. The highest BCUT2D eigenvalue weighted by atomic mass is 19.1. The van der Waals surface area contributed by atoms with Gasteiger partial charge in [-0.25, -0.2) is 8.78 Å². The lowest BCUT2D eigenvalue weighted by atomic mass is 10.1. The van der Waals surface area contributed by atoms with E-state index in [-0.39, 0.29) is 0 Å². The second kappa shape index (κ2) is 6.48. The van der Waals surface area contributed by atoms with Gasteiger partial charge in [-0.1, -0.05) is 0 Å². The van der Waals surface area contributed by atoms with E-state index in [4.69, 9.17) is 0 Å². The Bertz CT molecular complexity index is 514. The third-order valence-electron chi connectivity index (χ3n) is 3.02. The Balaban J connectivity index is 1.77. The van der Waals surface area contributed by atoms with Crippen LogP contribution in [0.15, 0.2) is 36.7 Å². The highest BCUT2D eigenvalue weighted by Crippen LogP contribution is 2.08. The van der Waals surface area contributed by atoms with E-state index < -0.39 is 11.6 Å². The molecule has 0 spiro atoms. The molecule has 0 bridgehead atoms. The van der Waals surface area contributed by atoms with Crippen LogP contribution in [0.1, 0.15) is 18.1 Å². The quantitative estimate of drug-likeness (QED) is 0.793. The summed E-state index contributed by atoms with van der Waals surface area (Å²) in [6, 6.07) is 5.71. The fourth-order valence-electron chi connectivity index (χ4n) is 2.01. The van der Waals surface area contributed by atoms with Crippen molar-refractivity contribution in [3.63, 3.8) is 0 Å². The summed E-state index contributed by atoms with van der Waals surface area (Å²) in [5, 5.41) is 3.27. The first-order valence-electron chi connectivity index (χ1n) is 6.47. The molecule has 102 valence electrons. The van der Waals surface area contributed by atoms with Gasteiger partial charge in [-0.3, -0.25) is 0 Å². The predicted octanol–water partition coefficient (Wildman–Crippen LogP) is 3.12. The molecule has 19 heavy (non-hydrogen) atoms. The molecule has 1 aromatic carbocycles. The zero-order chi connectivity index (χ0) is 13.7. The fourth-order valence-corrected chi connectivity index (χ4v) is 2.01. The number of aryl methyl sites for hydroxylation is 1. The van der Waals surface area contributed by atoms with E-state index in [9.17, 15) is 8.78 Å². The Kier molecular flexibility index (Phi) is 4.68. The SMILES string of the molecule is CCn1ccc(CNCCc2cc(F)cc(F)c2)c1. The van der Waals surface area contributed by atoms with E-state index in [0.717, 1.165) is 19.2 Å². The molecule has 0 saturated heterocycles. The third-order valence-corrected chi connectivity index (χ3v) is 3.02. The minimum Gasteiger partial charge on any atom is -0.354 e. The molecule has 0 fully saturated rings. The average Bonchev–Trinajstić information content (AvgIpc) is 2.81. The third kappa shape index (κ3) is 4.17. The first kappa shape index (κ1) is 13.7. The van der Waals surface area contributed by atoms with Gasteiger partial charge in [0.15, 0.2) is 0 Å². The molecule has 4 heteroatoms. The van der Waals surface area contributed by atoms with Crippen LogP contribution >= 0.6 is 0 Å². The van der Waals surface area contributed by atoms with Gasteiger partial charge in [-0.05, 0) is 49.2 Å². The average molecular weight is 264 g/mol. The molecule has 2 aromatic rings. The van der Waals surface area contributed by atoms with Crippen molar-refractivity contribution in [2.24, 2.45) is 0 Å². The molecule has 0 aliphatic heterocycles. The molecular formula is C15H18F2N2. The van der Waals surface area contributed by atoms with Crippen LogP contribution in [0.4, 0.5) is 8.78 Å². The van der Waals surface area contributed by atoms with Crippen LogP contribution in [0.3, 0.4) is 0 Å². The molecule has 1 heterocycles. The number of aromatic nitrogens is 1. The van der Waals surface area contributed by atoms with Gasteiger partial charge in [-0.15, -0.1) is 0 Å². The smallest absolute Gasteiger partial charge is 0.126 e. The minimum absolute atomic E-state index is 0.518. The standard InChI is InChI=1S/C15H18F2N2/c1-2-19-6-4-13(11-19)10-18-5-3-12-7-14(16)9-15(17)8-12/h4,6-9,11,18H,2-3,5,10H2,1H3. The molecular weight excluding hydrogens is 246 g/mol. The normalized spacial score (nSPS) is 10.9. The van der Waals surface area contributed by atoms with Crippen LogP contribution in [-0.2, 0) is 19.5 Å². The monoisotopic (exact) mass is 264 g/mol. The van der Waals surface area contributed by atoms with Crippen LogP contribution < -0.4 is 5.32 Å². The van der Waals surface area contributed by atoms with Crippen molar-refractivity contribution >= 4 is 0 Å². The van der Waals surface area contributed by atoms with Gasteiger partial charge in [-0.2, -0.15) is 0 Å². The van der Waals surface area contributed by atoms with Crippen molar-refractivity contribution in [2.75, 3.05) is 6.54 Å². The van der Waals surface area contributed by atoms with Crippen molar-refractivity contribution < 1.29 is 8.78 Å². The van der Waals surface area contributed by atoms with Crippen LogP contribution in [0.25, 0.3) is 0 Å². The zero-order valence-corrected chi connectivity index (χ0v) is 11.0. The molecule has 0 atom stereocenters. The first-order valence-corrected chi connectivity index (χ1v) is 6.47. The molecule has 1 N–H and O–H groups in total. The highest BCUT2D eigenvalue weighted by molar-refractivity contribution is 5.18. The maximum absolute atomic E-state index is 13.0. The summed E-state index contributed by atoms with van der Waals surface area (Å²) in [4.78, 5) is 0. The lowest BCUT2D eigenvalue weighted by Gasteiger charge is -2.04. The van der Waals surface area contributed by atoms with E-state index in [1.165, 1.54) is 17.7 Å². The molecule has 0 aliphatic rings. The lowest BCUT2D eigenvalue weighted by molar-refractivity contribution is 0.577. The predicted molar refractivity (Wildman–Crippen MR) is 71.9 cm³/mol. The second-order valence-corrected chi connectivity index (χ2v) is 4.55. The van der Waals surface area contributed by atoms with Crippen molar-refractivity contribution in [3.8, 4) is 0 Å². The van der Waals surface area contributed by atoms with E-state index in [0.29, 0.717) is 18.5 Å². The topological polar surface area (TPSA) is 17.0 Å². The van der Waals surface area contributed by atoms with Crippen molar-refractivity contribution in [1.29, 1.82) is 0 Å². The number of nitrogens with one attached hydrogen (secondary N) is 1. The number of rotatable bonds is 6. The molecule has 2 nitrogen and oxygen atoms in total.